The third kappa shape index (κ3) is 3.87. The lowest BCUT2D eigenvalue weighted by Crippen LogP contribution is -2.49. The summed E-state index contributed by atoms with van der Waals surface area (Å²) < 4.78 is 36.8. The Labute approximate surface area is 113 Å². The number of piperazine rings is 1. The fourth-order valence-corrected chi connectivity index (χ4v) is 2.34. The summed E-state index contributed by atoms with van der Waals surface area (Å²) in [6.45, 7) is 0.729. The Kier molecular flexibility index (Phi) is 4.05. The number of nitrogen functional groups attached to an aromatic ring is 1. The lowest BCUT2D eigenvalue weighted by atomic mass is 10.3. The van der Waals surface area contributed by atoms with Crippen LogP contribution in [0.5, 0.6) is 0 Å². The van der Waals surface area contributed by atoms with Crippen LogP contribution < -0.4 is 10.6 Å². The van der Waals surface area contributed by atoms with Gasteiger partial charge in [0.2, 0.25) is 0 Å². The summed E-state index contributed by atoms with van der Waals surface area (Å²) in [4.78, 5) is 7.38. The van der Waals surface area contributed by atoms with Gasteiger partial charge in [-0.25, -0.2) is 4.98 Å². The van der Waals surface area contributed by atoms with Gasteiger partial charge in [-0.15, -0.1) is 0 Å². The van der Waals surface area contributed by atoms with Crippen molar-refractivity contribution in [3.63, 3.8) is 0 Å². The summed E-state index contributed by atoms with van der Waals surface area (Å²) in [5.41, 5.74) is 6.01. The minimum atomic E-state index is -4.15. The number of alkyl halides is 3. The lowest BCUT2D eigenvalue weighted by Gasteiger charge is -2.35. The molecule has 0 spiro atoms. The average Bonchev–Trinajstić information content (AvgIpc) is 2.28. The Bertz CT molecular complexity index is 444. The van der Waals surface area contributed by atoms with E-state index < -0.39 is 12.7 Å². The first-order chi connectivity index (χ1) is 8.85. The van der Waals surface area contributed by atoms with E-state index >= 15 is 0 Å². The third-order valence-electron chi connectivity index (χ3n) is 2.92. The minimum absolute atomic E-state index is 0.335. The van der Waals surface area contributed by atoms with Crippen LogP contribution in [0.2, 0.25) is 5.02 Å². The van der Waals surface area contributed by atoms with Crippen molar-refractivity contribution in [3.05, 3.63) is 17.3 Å². The number of pyridine rings is 1. The summed E-state index contributed by atoms with van der Waals surface area (Å²) in [6, 6.07) is 1.59. The monoisotopic (exact) mass is 294 g/mol. The molecule has 0 saturated carbocycles. The second-order valence-electron chi connectivity index (χ2n) is 4.45. The smallest absolute Gasteiger partial charge is 0.397 e. The number of nitrogens with zero attached hydrogens (tertiary/aromatic N) is 3. The number of aromatic nitrogens is 1. The van der Waals surface area contributed by atoms with Crippen molar-refractivity contribution < 1.29 is 13.2 Å². The molecule has 0 radical (unpaired) electrons. The Morgan fingerprint density at radius 2 is 1.89 bits per heavy atom. The van der Waals surface area contributed by atoms with Crippen molar-refractivity contribution in [2.24, 2.45) is 0 Å². The van der Waals surface area contributed by atoms with Crippen molar-refractivity contribution in [2.75, 3.05) is 43.4 Å². The fourth-order valence-electron chi connectivity index (χ4n) is 2.05. The minimum Gasteiger partial charge on any atom is -0.397 e. The number of hydrogen-bond donors (Lipinski definition) is 1. The molecule has 0 unspecified atom stereocenters. The Hall–Kier alpha value is -1.21. The number of rotatable bonds is 2. The lowest BCUT2D eigenvalue weighted by molar-refractivity contribution is -0.146. The van der Waals surface area contributed by atoms with E-state index in [0.717, 1.165) is 0 Å². The molecule has 0 aromatic carbocycles. The zero-order chi connectivity index (χ0) is 14.0. The summed E-state index contributed by atoms with van der Waals surface area (Å²) in [7, 11) is 0. The van der Waals surface area contributed by atoms with Crippen LogP contribution in [0.15, 0.2) is 12.3 Å². The molecule has 1 aromatic heterocycles. The fraction of sp³-hybridized carbons (Fsp3) is 0.545. The maximum absolute atomic E-state index is 12.3. The molecule has 8 heteroatoms. The number of anilines is 2. The first-order valence-corrected chi connectivity index (χ1v) is 6.18. The van der Waals surface area contributed by atoms with Gasteiger partial charge in [0.25, 0.3) is 0 Å². The van der Waals surface area contributed by atoms with Crippen molar-refractivity contribution in [3.8, 4) is 0 Å². The van der Waals surface area contributed by atoms with E-state index in [1.165, 1.54) is 11.1 Å². The van der Waals surface area contributed by atoms with Gasteiger partial charge in [0, 0.05) is 26.2 Å². The maximum atomic E-state index is 12.3. The first-order valence-electron chi connectivity index (χ1n) is 5.80. The van der Waals surface area contributed by atoms with Crippen LogP contribution in [-0.2, 0) is 0 Å². The number of nitrogens with two attached hydrogens (primary N) is 1. The molecule has 1 aliphatic heterocycles. The van der Waals surface area contributed by atoms with Gasteiger partial charge in [0.05, 0.1) is 23.5 Å². The average molecular weight is 295 g/mol. The largest absolute Gasteiger partial charge is 0.401 e. The molecular formula is C11H14ClF3N4. The van der Waals surface area contributed by atoms with Crippen LogP contribution >= 0.6 is 11.6 Å². The zero-order valence-corrected chi connectivity index (χ0v) is 10.9. The van der Waals surface area contributed by atoms with Crippen LogP contribution in [0.25, 0.3) is 0 Å². The van der Waals surface area contributed by atoms with Gasteiger partial charge in [0.1, 0.15) is 5.82 Å². The molecule has 2 rings (SSSR count). The van der Waals surface area contributed by atoms with Gasteiger partial charge >= 0.3 is 6.18 Å². The summed E-state index contributed by atoms with van der Waals surface area (Å²) in [5.74, 6) is 0.572. The first kappa shape index (κ1) is 14.2. The van der Waals surface area contributed by atoms with E-state index in [0.29, 0.717) is 42.7 Å². The molecule has 0 bridgehead atoms. The van der Waals surface area contributed by atoms with Crippen molar-refractivity contribution in [1.82, 2.24) is 9.88 Å². The third-order valence-corrected chi connectivity index (χ3v) is 3.20. The SMILES string of the molecule is Nc1cnc(N2CCN(CC(F)(F)F)CC2)c(Cl)c1. The highest BCUT2D eigenvalue weighted by molar-refractivity contribution is 6.33. The van der Waals surface area contributed by atoms with E-state index in [2.05, 4.69) is 4.98 Å². The van der Waals surface area contributed by atoms with Gasteiger partial charge in [-0.05, 0) is 6.07 Å². The standard InChI is InChI=1S/C11H14ClF3N4/c12-9-5-8(16)6-17-10(9)19-3-1-18(2-4-19)7-11(13,14)15/h5-6H,1-4,7,16H2. The normalized spacial score (nSPS) is 17.8. The highest BCUT2D eigenvalue weighted by atomic mass is 35.5. The molecule has 0 aliphatic carbocycles. The molecule has 1 saturated heterocycles. The quantitative estimate of drug-likeness (QED) is 0.906. The molecule has 1 fully saturated rings. The van der Waals surface area contributed by atoms with Crippen molar-refractivity contribution >= 4 is 23.1 Å². The van der Waals surface area contributed by atoms with Gasteiger partial charge in [-0.1, -0.05) is 11.6 Å². The highest BCUT2D eigenvalue weighted by Gasteiger charge is 2.32. The Morgan fingerprint density at radius 1 is 1.26 bits per heavy atom. The predicted molar refractivity (Wildman–Crippen MR) is 68.4 cm³/mol. The second kappa shape index (κ2) is 5.42. The molecule has 1 aliphatic rings. The van der Waals surface area contributed by atoms with E-state index in [4.69, 9.17) is 17.3 Å². The second-order valence-corrected chi connectivity index (χ2v) is 4.86. The molecule has 2 heterocycles. The van der Waals surface area contributed by atoms with Crippen LogP contribution in [0.3, 0.4) is 0 Å². The Balaban J connectivity index is 1.96. The summed E-state index contributed by atoms with van der Waals surface area (Å²) >= 11 is 6.03. The van der Waals surface area contributed by atoms with E-state index in [-0.39, 0.29) is 0 Å². The van der Waals surface area contributed by atoms with Gasteiger partial charge in [-0.2, -0.15) is 13.2 Å². The van der Waals surface area contributed by atoms with Crippen LogP contribution in [0.4, 0.5) is 24.7 Å². The van der Waals surface area contributed by atoms with Crippen LogP contribution in [0.1, 0.15) is 0 Å². The number of halogens is 4. The maximum Gasteiger partial charge on any atom is 0.401 e. The highest BCUT2D eigenvalue weighted by Crippen LogP contribution is 2.26. The van der Waals surface area contributed by atoms with Crippen molar-refractivity contribution in [2.45, 2.75) is 6.18 Å². The van der Waals surface area contributed by atoms with Gasteiger partial charge in [0.15, 0.2) is 0 Å². The van der Waals surface area contributed by atoms with E-state index in [9.17, 15) is 13.2 Å². The number of hydrogen-bond acceptors (Lipinski definition) is 4. The topological polar surface area (TPSA) is 45.4 Å². The molecule has 19 heavy (non-hydrogen) atoms. The molecule has 0 amide bonds. The van der Waals surface area contributed by atoms with E-state index in [1.54, 1.807) is 6.07 Å². The van der Waals surface area contributed by atoms with Gasteiger partial charge in [-0.3, -0.25) is 4.90 Å². The predicted octanol–water partition coefficient (Wildman–Crippen LogP) is 2.00. The summed E-state index contributed by atoms with van der Waals surface area (Å²) in [6.07, 6.45) is -2.66. The molecular weight excluding hydrogens is 281 g/mol. The zero-order valence-electron chi connectivity index (χ0n) is 10.1. The van der Waals surface area contributed by atoms with Crippen LogP contribution in [-0.4, -0.2) is 48.8 Å². The van der Waals surface area contributed by atoms with Crippen molar-refractivity contribution in [1.29, 1.82) is 0 Å². The van der Waals surface area contributed by atoms with E-state index in [1.807, 2.05) is 4.90 Å². The molecule has 1 aromatic rings. The van der Waals surface area contributed by atoms with Gasteiger partial charge < -0.3 is 10.6 Å². The van der Waals surface area contributed by atoms with Crippen LogP contribution in [0, 0.1) is 0 Å². The molecule has 0 atom stereocenters. The Morgan fingerprint density at radius 3 is 2.42 bits per heavy atom. The molecule has 106 valence electrons. The molecule has 2 N–H and O–H groups in total. The molecule has 4 nitrogen and oxygen atoms in total. The summed E-state index contributed by atoms with van der Waals surface area (Å²) in [5, 5.41) is 0.421.